The summed E-state index contributed by atoms with van der Waals surface area (Å²) in [5.74, 6) is 5.30. The lowest BCUT2D eigenvalue weighted by Crippen LogP contribution is -2.26. The molecular formula is C8H13N3. The highest BCUT2D eigenvalue weighted by molar-refractivity contribution is 5.24. The van der Waals surface area contributed by atoms with Gasteiger partial charge in [0.25, 0.3) is 0 Å². The second kappa shape index (κ2) is 3.46. The molecule has 0 aliphatic carbocycles. The monoisotopic (exact) mass is 151 g/mol. The predicted octanol–water partition coefficient (Wildman–Crippen LogP) is 0.914. The van der Waals surface area contributed by atoms with Crippen LogP contribution in [0.2, 0.25) is 0 Å². The van der Waals surface area contributed by atoms with Gasteiger partial charge in [0.05, 0.1) is 0 Å². The zero-order chi connectivity index (χ0) is 8.27. The van der Waals surface area contributed by atoms with Crippen molar-refractivity contribution in [2.75, 3.05) is 0 Å². The molecule has 3 nitrogen and oxygen atoms in total. The molecule has 0 aliphatic heterocycles. The number of pyridine rings is 1. The maximum Gasteiger partial charge on any atom is 0.0435 e. The minimum Gasteiger partial charge on any atom is -0.271 e. The standard InChI is InChI=1S/C8H13N3/c1-6-5-10-4-3-8(6)7(2)11-9/h3-5,7,11H,9H2,1-2H3. The van der Waals surface area contributed by atoms with Gasteiger partial charge in [-0.2, -0.15) is 0 Å². The van der Waals surface area contributed by atoms with E-state index in [1.165, 1.54) is 5.56 Å². The van der Waals surface area contributed by atoms with E-state index in [-0.39, 0.29) is 6.04 Å². The molecule has 0 radical (unpaired) electrons. The van der Waals surface area contributed by atoms with E-state index >= 15 is 0 Å². The van der Waals surface area contributed by atoms with Crippen LogP contribution in [-0.2, 0) is 0 Å². The number of nitrogens with zero attached hydrogens (tertiary/aromatic N) is 1. The summed E-state index contributed by atoms with van der Waals surface area (Å²) in [6.45, 7) is 4.04. The summed E-state index contributed by atoms with van der Waals surface area (Å²) in [5, 5.41) is 0. The van der Waals surface area contributed by atoms with E-state index in [1.54, 1.807) is 6.20 Å². The fraction of sp³-hybridized carbons (Fsp3) is 0.375. The number of hydrogen-bond acceptors (Lipinski definition) is 3. The van der Waals surface area contributed by atoms with E-state index in [1.807, 2.05) is 26.1 Å². The molecule has 0 bridgehead atoms. The molecule has 0 aromatic carbocycles. The molecule has 11 heavy (non-hydrogen) atoms. The first kappa shape index (κ1) is 8.17. The van der Waals surface area contributed by atoms with Gasteiger partial charge in [0, 0.05) is 18.4 Å². The quantitative estimate of drug-likeness (QED) is 0.488. The van der Waals surface area contributed by atoms with Crippen molar-refractivity contribution in [2.45, 2.75) is 19.9 Å². The molecule has 1 atom stereocenters. The van der Waals surface area contributed by atoms with Crippen molar-refractivity contribution in [3.63, 3.8) is 0 Å². The fourth-order valence-electron chi connectivity index (χ4n) is 1.06. The largest absolute Gasteiger partial charge is 0.271 e. The van der Waals surface area contributed by atoms with E-state index in [9.17, 15) is 0 Å². The number of hydrazine groups is 1. The molecular weight excluding hydrogens is 138 g/mol. The van der Waals surface area contributed by atoms with Crippen LogP contribution in [0.3, 0.4) is 0 Å². The summed E-state index contributed by atoms with van der Waals surface area (Å²) in [6.07, 6.45) is 3.61. The van der Waals surface area contributed by atoms with Gasteiger partial charge in [-0.05, 0) is 31.0 Å². The molecule has 3 N–H and O–H groups in total. The SMILES string of the molecule is Cc1cnccc1C(C)NN. The van der Waals surface area contributed by atoms with Crippen LogP contribution < -0.4 is 11.3 Å². The second-order valence-corrected chi connectivity index (χ2v) is 2.62. The van der Waals surface area contributed by atoms with Crippen LogP contribution >= 0.6 is 0 Å². The topological polar surface area (TPSA) is 50.9 Å². The Labute approximate surface area is 66.6 Å². The van der Waals surface area contributed by atoms with Gasteiger partial charge in [-0.3, -0.25) is 16.3 Å². The Morgan fingerprint density at radius 2 is 2.36 bits per heavy atom. The highest BCUT2D eigenvalue weighted by Crippen LogP contribution is 2.13. The molecule has 1 unspecified atom stereocenters. The Hall–Kier alpha value is -0.930. The van der Waals surface area contributed by atoms with Gasteiger partial charge in [-0.15, -0.1) is 0 Å². The van der Waals surface area contributed by atoms with Crippen LogP contribution in [0.4, 0.5) is 0 Å². The molecule has 3 heteroatoms. The third-order valence-electron chi connectivity index (χ3n) is 1.78. The van der Waals surface area contributed by atoms with Gasteiger partial charge in [0.1, 0.15) is 0 Å². The fourth-order valence-corrected chi connectivity index (χ4v) is 1.06. The van der Waals surface area contributed by atoms with Crippen molar-refractivity contribution in [3.05, 3.63) is 29.6 Å². The first-order chi connectivity index (χ1) is 5.25. The van der Waals surface area contributed by atoms with Gasteiger partial charge >= 0.3 is 0 Å². The molecule has 0 saturated heterocycles. The summed E-state index contributed by atoms with van der Waals surface area (Å²) in [4.78, 5) is 3.99. The lowest BCUT2D eigenvalue weighted by molar-refractivity contribution is 0.598. The maximum absolute atomic E-state index is 5.30. The van der Waals surface area contributed by atoms with Crippen LogP contribution in [0.1, 0.15) is 24.1 Å². The van der Waals surface area contributed by atoms with E-state index < -0.39 is 0 Å². The number of aromatic nitrogens is 1. The molecule has 1 heterocycles. The molecule has 0 fully saturated rings. The van der Waals surface area contributed by atoms with E-state index in [4.69, 9.17) is 5.84 Å². The van der Waals surface area contributed by atoms with Crippen molar-refractivity contribution in [1.82, 2.24) is 10.4 Å². The van der Waals surface area contributed by atoms with Crippen LogP contribution in [0, 0.1) is 6.92 Å². The Morgan fingerprint density at radius 1 is 1.64 bits per heavy atom. The van der Waals surface area contributed by atoms with E-state index in [0.29, 0.717) is 0 Å². The molecule has 0 spiro atoms. The first-order valence-corrected chi connectivity index (χ1v) is 3.62. The summed E-state index contributed by atoms with van der Waals surface area (Å²) in [7, 11) is 0. The van der Waals surface area contributed by atoms with Crippen LogP contribution in [0.5, 0.6) is 0 Å². The number of nitrogens with one attached hydrogen (secondary N) is 1. The number of rotatable bonds is 2. The highest BCUT2D eigenvalue weighted by atomic mass is 15.2. The zero-order valence-corrected chi connectivity index (χ0v) is 6.83. The van der Waals surface area contributed by atoms with Gasteiger partial charge in [0.15, 0.2) is 0 Å². The van der Waals surface area contributed by atoms with E-state index in [2.05, 4.69) is 10.4 Å². The first-order valence-electron chi connectivity index (χ1n) is 3.62. The molecule has 0 aliphatic rings. The normalized spacial score (nSPS) is 13.0. The molecule has 1 aromatic rings. The average molecular weight is 151 g/mol. The van der Waals surface area contributed by atoms with Crippen LogP contribution in [-0.4, -0.2) is 4.98 Å². The molecule has 0 saturated carbocycles. The van der Waals surface area contributed by atoms with Gasteiger partial charge in [-0.25, -0.2) is 0 Å². The minimum absolute atomic E-state index is 0.193. The third kappa shape index (κ3) is 1.76. The molecule has 0 amide bonds. The summed E-state index contributed by atoms with van der Waals surface area (Å²) in [5.41, 5.74) is 5.06. The lowest BCUT2D eigenvalue weighted by atomic mass is 10.1. The second-order valence-electron chi connectivity index (χ2n) is 2.62. The van der Waals surface area contributed by atoms with Crippen molar-refractivity contribution in [2.24, 2.45) is 5.84 Å². The van der Waals surface area contributed by atoms with Gasteiger partial charge in [-0.1, -0.05) is 0 Å². The summed E-state index contributed by atoms with van der Waals surface area (Å²) >= 11 is 0. The molecule has 1 rings (SSSR count). The van der Waals surface area contributed by atoms with E-state index in [0.717, 1.165) is 5.56 Å². The lowest BCUT2D eigenvalue weighted by Gasteiger charge is -2.11. The van der Waals surface area contributed by atoms with Gasteiger partial charge < -0.3 is 0 Å². The maximum atomic E-state index is 5.30. The summed E-state index contributed by atoms with van der Waals surface area (Å²) < 4.78 is 0. The van der Waals surface area contributed by atoms with Crippen molar-refractivity contribution < 1.29 is 0 Å². The predicted molar refractivity (Wildman–Crippen MR) is 44.7 cm³/mol. The number of aryl methyl sites for hydroxylation is 1. The zero-order valence-electron chi connectivity index (χ0n) is 6.83. The van der Waals surface area contributed by atoms with Gasteiger partial charge in [0.2, 0.25) is 0 Å². The van der Waals surface area contributed by atoms with Crippen LogP contribution in [0.25, 0.3) is 0 Å². The highest BCUT2D eigenvalue weighted by Gasteiger charge is 2.04. The molecule has 60 valence electrons. The average Bonchev–Trinajstić information content (AvgIpc) is 2.04. The Bertz CT molecular complexity index is 235. The number of hydrogen-bond donors (Lipinski definition) is 2. The number of nitrogens with two attached hydrogens (primary N) is 1. The Balaban J connectivity index is 2.93. The van der Waals surface area contributed by atoms with Crippen molar-refractivity contribution >= 4 is 0 Å². The Kier molecular flexibility index (Phi) is 2.57. The minimum atomic E-state index is 0.193. The van der Waals surface area contributed by atoms with Crippen molar-refractivity contribution in [1.29, 1.82) is 0 Å². The Morgan fingerprint density at radius 3 is 2.91 bits per heavy atom. The van der Waals surface area contributed by atoms with Crippen molar-refractivity contribution in [3.8, 4) is 0 Å². The van der Waals surface area contributed by atoms with Crippen LogP contribution in [0.15, 0.2) is 18.5 Å². The molecule has 1 aromatic heterocycles. The smallest absolute Gasteiger partial charge is 0.0435 e. The summed E-state index contributed by atoms with van der Waals surface area (Å²) in [6, 6.07) is 2.16. The third-order valence-corrected chi connectivity index (χ3v) is 1.78.